The molecule has 1 aromatic rings. The molecule has 2 heteroatoms. The van der Waals surface area contributed by atoms with E-state index in [1.165, 1.54) is 12.8 Å². The minimum atomic E-state index is -0.147. The summed E-state index contributed by atoms with van der Waals surface area (Å²) >= 11 is 0. The van der Waals surface area contributed by atoms with E-state index in [2.05, 4.69) is 20.8 Å². The van der Waals surface area contributed by atoms with Gasteiger partial charge in [-0.15, -0.1) is 0 Å². The standard InChI is InChI=1S/C19H26O2/c1-12-6-7-13(2)15(10-12)17(20)21-16-11-14-8-9-19(16,5)18(14,3)4/h6-7,10,14,16H,8-9,11H2,1-5H3. The maximum atomic E-state index is 12.6. The molecule has 0 amide bonds. The highest BCUT2D eigenvalue weighted by Crippen LogP contribution is 2.66. The minimum absolute atomic E-state index is 0.0682. The fourth-order valence-corrected chi connectivity index (χ4v) is 4.46. The Kier molecular flexibility index (Phi) is 3.20. The van der Waals surface area contributed by atoms with Crippen molar-refractivity contribution in [1.82, 2.24) is 0 Å². The number of benzene rings is 1. The van der Waals surface area contributed by atoms with Crippen molar-refractivity contribution < 1.29 is 9.53 Å². The molecule has 2 fully saturated rings. The monoisotopic (exact) mass is 286 g/mol. The van der Waals surface area contributed by atoms with Crippen LogP contribution in [0, 0.1) is 30.6 Å². The lowest BCUT2D eigenvalue weighted by Gasteiger charge is -2.38. The van der Waals surface area contributed by atoms with Gasteiger partial charge in [-0.1, -0.05) is 38.5 Å². The number of carbonyl (C=O) groups excluding carboxylic acids is 1. The van der Waals surface area contributed by atoms with Crippen molar-refractivity contribution in [3.63, 3.8) is 0 Å². The molecule has 0 saturated heterocycles. The lowest BCUT2D eigenvalue weighted by atomic mass is 9.70. The number of aryl methyl sites for hydroxylation is 2. The summed E-state index contributed by atoms with van der Waals surface area (Å²) in [5, 5.41) is 0. The average molecular weight is 286 g/mol. The summed E-state index contributed by atoms with van der Waals surface area (Å²) < 4.78 is 5.97. The van der Waals surface area contributed by atoms with E-state index in [0.717, 1.165) is 23.1 Å². The molecular weight excluding hydrogens is 260 g/mol. The second kappa shape index (κ2) is 4.59. The number of hydrogen-bond acceptors (Lipinski definition) is 2. The van der Waals surface area contributed by atoms with Crippen LogP contribution in [0.25, 0.3) is 0 Å². The van der Waals surface area contributed by atoms with Gasteiger partial charge in [0.15, 0.2) is 0 Å². The molecule has 1 aromatic carbocycles. The number of ether oxygens (including phenoxy) is 1. The Bertz CT molecular complexity index is 587. The maximum absolute atomic E-state index is 12.6. The molecule has 2 bridgehead atoms. The fraction of sp³-hybridized carbons (Fsp3) is 0.632. The van der Waals surface area contributed by atoms with E-state index in [-0.39, 0.29) is 22.9 Å². The summed E-state index contributed by atoms with van der Waals surface area (Å²) in [6.45, 7) is 11.0. The zero-order chi connectivity index (χ0) is 15.4. The van der Waals surface area contributed by atoms with Crippen LogP contribution in [0.5, 0.6) is 0 Å². The number of esters is 1. The Morgan fingerprint density at radius 3 is 2.52 bits per heavy atom. The molecule has 21 heavy (non-hydrogen) atoms. The predicted molar refractivity (Wildman–Crippen MR) is 84.3 cm³/mol. The van der Waals surface area contributed by atoms with Crippen molar-refractivity contribution in [2.75, 3.05) is 0 Å². The number of hydrogen-bond donors (Lipinski definition) is 0. The molecule has 114 valence electrons. The van der Waals surface area contributed by atoms with Gasteiger partial charge in [-0.2, -0.15) is 0 Å². The molecule has 0 spiro atoms. The van der Waals surface area contributed by atoms with E-state index in [9.17, 15) is 4.79 Å². The van der Waals surface area contributed by atoms with Crippen LogP contribution in [-0.4, -0.2) is 12.1 Å². The predicted octanol–water partition coefficient (Wildman–Crippen LogP) is 4.68. The molecule has 0 N–H and O–H groups in total. The first-order valence-electron chi connectivity index (χ1n) is 8.04. The Morgan fingerprint density at radius 2 is 1.95 bits per heavy atom. The van der Waals surface area contributed by atoms with Gasteiger partial charge < -0.3 is 4.74 Å². The first kappa shape index (κ1) is 14.6. The van der Waals surface area contributed by atoms with Gasteiger partial charge in [0.25, 0.3) is 0 Å². The second-order valence-corrected chi connectivity index (χ2v) is 7.82. The quantitative estimate of drug-likeness (QED) is 0.738. The van der Waals surface area contributed by atoms with Gasteiger partial charge in [0.05, 0.1) is 5.56 Å². The summed E-state index contributed by atoms with van der Waals surface area (Å²) in [5.41, 5.74) is 3.23. The molecule has 2 aliphatic rings. The maximum Gasteiger partial charge on any atom is 0.338 e. The lowest BCUT2D eigenvalue weighted by Crippen LogP contribution is -2.38. The molecule has 0 aliphatic heterocycles. The van der Waals surface area contributed by atoms with Crippen LogP contribution < -0.4 is 0 Å². The number of rotatable bonds is 2. The van der Waals surface area contributed by atoms with Crippen LogP contribution in [0.3, 0.4) is 0 Å². The van der Waals surface area contributed by atoms with E-state index in [0.29, 0.717) is 5.92 Å². The highest BCUT2D eigenvalue weighted by atomic mass is 16.5. The van der Waals surface area contributed by atoms with Crippen LogP contribution in [0.1, 0.15) is 61.5 Å². The van der Waals surface area contributed by atoms with Gasteiger partial charge >= 0.3 is 5.97 Å². The van der Waals surface area contributed by atoms with Crippen molar-refractivity contribution in [3.05, 3.63) is 34.9 Å². The molecule has 2 saturated carbocycles. The minimum Gasteiger partial charge on any atom is -0.458 e. The van der Waals surface area contributed by atoms with E-state index >= 15 is 0 Å². The Labute approximate surface area is 127 Å². The van der Waals surface area contributed by atoms with E-state index < -0.39 is 0 Å². The summed E-state index contributed by atoms with van der Waals surface area (Å²) in [7, 11) is 0. The van der Waals surface area contributed by atoms with Crippen LogP contribution in [0.2, 0.25) is 0 Å². The van der Waals surface area contributed by atoms with Crippen molar-refractivity contribution in [2.45, 2.75) is 60.0 Å². The van der Waals surface area contributed by atoms with Crippen LogP contribution in [-0.2, 0) is 4.74 Å². The van der Waals surface area contributed by atoms with Gasteiger partial charge in [0.1, 0.15) is 6.10 Å². The second-order valence-electron chi connectivity index (χ2n) is 7.82. The SMILES string of the molecule is Cc1ccc(C)c(C(=O)OC2CC3CCC2(C)C3(C)C)c1. The Hall–Kier alpha value is -1.31. The average Bonchev–Trinajstić information content (AvgIpc) is 2.74. The van der Waals surface area contributed by atoms with E-state index in [1.807, 2.05) is 32.0 Å². The van der Waals surface area contributed by atoms with E-state index in [1.54, 1.807) is 0 Å². The van der Waals surface area contributed by atoms with Gasteiger partial charge in [-0.3, -0.25) is 0 Å². The fourth-order valence-electron chi connectivity index (χ4n) is 4.46. The molecule has 0 radical (unpaired) electrons. The Morgan fingerprint density at radius 1 is 1.24 bits per heavy atom. The molecule has 0 aromatic heterocycles. The number of fused-ring (bicyclic) bond motifs is 2. The lowest BCUT2D eigenvalue weighted by molar-refractivity contribution is -0.0243. The van der Waals surface area contributed by atoms with Gasteiger partial charge in [-0.05, 0) is 56.1 Å². The van der Waals surface area contributed by atoms with Crippen molar-refractivity contribution in [3.8, 4) is 0 Å². The molecule has 3 rings (SSSR count). The van der Waals surface area contributed by atoms with Crippen molar-refractivity contribution in [1.29, 1.82) is 0 Å². The molecular formula is C19H26O2. The van der Waals surface area contributed by atoms with Crippen molar-refractivity contribution in [2.24, 2.45) is 16.7 Å². The summed E-state index contributed by atoms with van der Waals surface area (Å²) in [6, 6.07) is 5.98. The summed E-state index contributed by atoms with van der Waals surface area (Å²) in [4.78, 5) is 12.6. The van der Waals surface area contributed by atoms with Gasteiger partial charge in [0, 0.05) is 5.41 Å². The van der Waals surface area contributed by atoms with Gasteiger partial charge in [0.2, 0.25) is 0 Å². The molecule has 2 aliphatic carbocycles. The van der Waals surface area contributed by atoms with Crippen LogP contribution in [0.4, 0.5) is 0 Å². The number of carbonyl (C=O) groups is 1. The van der Waals surface area contributed by atoms with Crippen molar-refractivity contribution >= 4 is 5.97 Å². The highest BCUT2D eigenvalue weighted by molar-refractivity contribution is 5.91. The summed E-state index contributed by atoms with van der Waals surface area (Å²) in [6.07, 6.45) is 3.55. The molecule has 3 unspecified atom stereocenters. The topological polar surface area (TPSA) is 26.3 Å². The van der Waals surface area contributed by atoms with Crippen LogP contribution >= 0.6 is 0 Å². The Balaban J connectivity index is 1.82. The zero-order valence-electron chi connectivity index (χ0n) is 13.8. The van der Waals surface area contributed by atoms with Gasteiger partial charge in [-0.25, -0.2) is 4.79 Å². The third-order valence-electron chi connectivity index (χ3n) is 6.58. The largest absolute Gasteiger partial charge is 0.458 e. The first-order chi connectivity index (χ1) is 9.75. The molecule has 0 heterocycles. The smallest absolute Gasteiger partial charge is 0.338 e. The highest BCUT2D eigenvalue weighted by Gasteiger charge is 2.62. The normalized spacial score (nSPS) is 33.2. The van der Waals surface area contributed by atoms with E-state index in [4.69, 9.17) is 4.74 Å². The first-order valence-corrected chi connectivity index (χ1v) is 8.04. The summed E-state index contributed by atoms with van der Waals surface area (Å²) in [5.74, 6) is 0.546. The zero-order valence-corrected chi connectivity index (χ0v) is 13.8. The van der Waals surface area contributed by atoms with Crippen LogP contribution in [0.15, 0.2) is 18.2 Å². The third-order valence-corrected chi connectivity index (χ3v) is 6.58. The molecule has 3 atom stereocenters. The molecule has 2 nitrogen and oxygen atoms in total. The third kappa shape index (κ3) is 2.03.